The first-order valence-electron chi connectivity index (χ1n) is 12.3. The predicted molar refractivity (Wildman–Crippen MR) is 159 cm³/mol. The molecular formula is C30H32N2O4S2. The molecule has 198 valence electrons. The molecule has 3 aromatic rings. The Labute approximate surface area is 233 Å². The molecule has 8 heteroatoms. The fraction of sp³-hybridized carbons (Fsp3) is 0.233. The SMILES string of the molecule is C/C=C(C)/C=C/c1c(S)nc(SCC(=O)c2ccc3c(c2)OCCO3)n(-c2ccccc2)c1=O.C=CCC. The van der Waals surface area contributed by atoms with E-state index in [-0.39, 0.29) is 17.1 Å². The van der Waals surface area contributed by atoms with Crippen LogP contribution in [-0.4, -0.2) is 34.3 Å². The van der Waals surface area contributed by atoms with Crippen molar-refractivity contribution < 1.29 is 14.3 Å². The van der Waals surface area contributed by atoms with Crippen molar-refractivity contribution in [2.75, 3.05) is 19.0 Å². The Kier molecular flexibility index (Phi) is 11.1. The lowest BCUT2D eigenvalue weighted by molar-refractivity contribution is 0.102. The summed E-state index contributed by atoms with van der Waals surface area (Å²) in [6.07, 6.45) is 8.48. The van der Waals surface area contributed by atoms with Crippen LogP contribution in [0.1, 0.15) is 43.1 Å². The average Bonchev–Trinajstić information content (AvgIpc) is 2.95. The number of thiol groups is 1. The van der Waals surface area contributed by atoms with Crippen molar-refractivity contribution in [2.24, 2.45) is 0 Å². The predicted octanol–water partition coefficient (Wildman–Crippen LogP) is 6.83. The van der Waals surface area contributed by atoms with Crippen molar-refractivity contribution in [3.8, 4) is 17.2 Å². The number of ether oxygens (including phenoxy) is 2. The number of para-hydroxylation sites is 1. The maximum absolute atomic E-state index is 13.5. The summed E-state index contributed by atoms with van der Waals surface area (Å²) in [4.78, 5) is 31.0. The van der Waals surface area contributed by atoms with Gasteiger partial charge in [0.25, 0.3) is 5.56 Å². The summed E-state index contributed by atoms with van der Waals surface area (Å²) in [5.41, 5.74) is 2.33. The Morgan fingerprint density at radius 3 is 2.50 bits per heavy atom. The number of benzene rings is 2. The van der Waals surface area contributed by atoms with Crippen molar-refractivity contribution in [2.45, 2.75) is 37.4 Å². The van der Waals surface area contributed by atoms with Crippen molar-refractivity contribution in [3.05, 3.63) is 100 Å². The molecule has 0 saturated heterocycles. The molecule has 0 atom stereocenters. The highest BCUT2D eigenvalue weighted by Crippen LogP contribution is 2.31. The van der Waals surface area contributed by atoms with Gasteiger partial charge in [-0.05, 0) is 56.7 Å². The van der Waals surface area contributed by atoms with E-state index in [4.69, 9.17) is 9.47 Å². The van der Waals surface area contributed by atoms with Gasteiger partial charge in [-0.2, -0.15) is 0 Å². The molecule has 0 amide bonds. The molecule has 0 unspecified atom stereocenters. The number of allylic oxidation sites excluding steroid dienone is 4. The first-order chi connectivity index (χ1) is 18.4. The maximum Gasteiger partial charge on any atom is 0.267 e. The van der Waals surface area contributed by atoms with Crippen molar-refractivity contribution in [1.29, 1.82) is 0 Å². The molecule has 0 saturated carbocycles. The van der Waals surface area contributed by atoms with Crippen LogP contribution in [0.2, 0.25) is 0 Å². The van der Waals surface area contributed by atoms with Crippen molar-refractivity contribution in [1.82, 2.24) is 9.55 Å². The minimum atomic E-state index is -0.249. The van der Waals surface area contributed by atoms with Gasteiger partial charge in [0, 0.05) is 5.56 Å². The molecule has 1 aliphatic heterocycles. The Bertz CT molecular complexity index is 1400. The van der Waals surface area contributed by atoms with Crippen LogP contribution >= 0.6 is 24.4 Å². The normalized spacial score (nSPS) is 12.6. The van der Waals surface area contributed by atoms with Crippen LogP contribution in [0, 0.1) is 0 Å². The molecule has 0 fully saturated rings. The second-order valence-electron chi connectivity index (χ2n) is 8.24. The standard InChI is InChI=1S/C26H24N2O4S2.C4H8/c1-3-17(2)9-11-20-24(33)27-26(28(25(20)30)19-7-5-4-6-8-19)34-16-21(29)18-10-12-22-23(15-18)32-14-13-31-22;1-3-4-2/h3-12,15,33H,13-14,16H2,1-2H3;3H,1,4H2,2H3/b11-9+,17-3+;. The molecule has 0 bridgehead atoms. The van der Waals surface area contributed by atoms with Crippen LogP contribution in [-0.2, 0) is 0 Å². The minimum Gasteiger partial charge on any atom is -0.486 e. The van der Waals surface area contributed by atoms with Gasteiger partial charge in [-0.25, -0.2) is 4.98 Å². The number of hydrogen-bond acceptors (Lipinski definition) is 7. The molecular weight excluding hydrogens is 516 g/mol. The van der Waals surface area contributed by atoms with Crippen LogP contribution in [0.15, 0.2) is 93.9 Å². The third-order valence-electron chi connectivity index (χ3n) is 5.54. The number of Topliss-reactive ketones (excluding diaryl/α,β-unsaturated/α-hetero) is 1. The minimum absolute atomic E-state index is 0.0962. The fourth-order valence-electron chi connectivity index (χ4n) is 3.29. The number of ketones is 1. The lowest BCUT2D eigenvalue weighted by atomic mass is 10.1. The van der Waals surface area contributed by atoms with E-state index in [1.165, 1.54) is 16.3 Å². The van der Waals surface area contributed by atoms with E-state index in [2.05, 4.69) is 31.1 Å². The second-order valence-corrected chi connectivity index (χ2v) is 9.61. The molecule has 38 heavy (non-hydrogen) atoms. The molecule has 0 aliphatic carbocycles. The van der Waals surface area contributed by atoms with Crippen LogP contribution < -0.4 is 15.0 Å². The monoisotopic (exact) mass is 548 g/mol. The Morgan fingerprint density at radius 2 is 1.84 bits per heavy atom. The molecule has 4 rings (SSSR count). The van der Waals surface area contributed by atoms with E-state index in [0.717, 1.165) is 12.0 Å². The number of thioether (sulfide) groups is 1. The molecule has 1 aliphatic rings. The third-order valence-corrected chi connectivity index (χ3v) is 6.81. The number of carbonyl (C=O) groups is 1. The molecule has 0 N–H and O–H groups in total. The van der Waals surface area contributed by atoms with E-state index in [1.807, 2.05) is 62.4 Å². The number of fused-ring (bicyclic) bond motifs is 1. The van der Waals surface area contributed by atoms with Crippen molar-refractivity contribution in [3.63, 3.8) is 0 Å². The Balaban J connectivity index is 0.000000934. The van der Waals surface area contributed by atoms with Gasteiger partial charge in [-0.15, -0.1) is 19.2 Å². The average molecular weight is 549 g/mol. The second kappa shape index (κ2) is 14.4. The van der Waals surface area contributed by atoms with Gasteiger partial charge in [0.2, 0.25) is 0 Å². The van der Waals surface area contributed by atoms with Crippen LogP contribution in [0.3, 0.4) is 0 Å². The summed E-state index contributed by atoms with van der Waals surface area (Å²) < 4.78 is 12.6. The smallest absolute Gasteiger partial charge is 0.267 e. The highest BCUT2D eigenvalue weighted by Gasteiger charge is 2.19. The van der Waals surface area contributed by atoms with E-state index < -0.39 is 0 Å². The lowest BCUT2D eigenvalue weighted by Gasteiger charge is -2.18. The summed E-state index contributed by atoms with van der Waals surface area (Å²) in [7, 11) is 0. The number of rotatable bonds is 8. The molecule has 0 radical (unpaired) electrons. The number of hydrogen-bond donors (Lipinski definition) is 1. The molecule has 2 aromatic carbocycles. The first-order valence-corrected chi connectivity index (χ1v) is 13.7. The largest absolute Gasteiger partial charge is 0.486 e. The van der Waals surface area contributed by atoms with Crippen LogP contribution in [0.25, 0.3) is 11.8 Å². The highest BCUT2D eigenvalue weighted by atomic mass is 32.2. The number of carbonyl (C=O) groups excluding carboxylic acids is 1. The summed E-state index contributed by atoms with van der Waals surface area (Å²) in [6, 6.07) is 14.4. The Morgan fingerprint density at radius 1 is 1.16 bits per heavy atom. The molecule has 6 nitrogen and oxygen atoms in total. The quantitative estimate of drug-likeness (QED) is 0.0633. The summed E-state index contributed by atoms with van der Waals surface area (Å²) >= 11 is 5.67. The van der Waals surface area contributed by atoms with Gasteiger partial charge in [0.1, 0.15) is 18.2 Å². The topological polar surface area (TPSA) is 70.4 Å². The van der Waals surface area contributed by atoms with E-state index in [0.29, 0.717) is 51.7 Å². The van der Waals surface area contributed by atoms with Crippen LogP contribution in [0.5, 0.6) is 11.5 Å². The highest BCUT2D eigenvalue weighted by molar-refractivity contribution is 7.99. The van der Waals surface area contributed by atoms with Gasteiger partial charge in [-0.1, -0.05) is 60.7 Å². The van der Waals surface area contributed by atoms with E-state index in [9.17, 15) is 9.59 Å². The Hall–Kier alpha value is -3.49. The molecule has 2 heterocycles. The van der Waals surface area contributed by atoms with Gasteiger partial charge in [-0.3, -0.25) is 14.2 Å². The number of nitrogens with zero attached hydrogens (tertiary/aromatic N) is 2. The third kappa shape index (κ3) is 7.52. The zero-order valence-corrected chi connectivity index (χ0v) is 23.6. The van der Waals surface area contributed by atoms with Crippen molar-refractivity contribution >= 4 is 36.2 Å². The fourth-order valence-corrected chi connectivity index (χ4v) is 4.53. The van der Waals surface area contributed by atoms with Crippen LogP contribution in [0.4, 0.5) is 0 Å². The molecule has 0 spiro atoms. The maximum atomic E-state index is 13.5. The number of aromatic nitrogens is 2. The summed E-state index contributed by atoms with van der Waals surface area (Å²) in [5, 5.41) is 0.707. The zero-order valence-electron chi connectivity index (χ0n) is 21.8. The van der Waals surface area contributed by atoms with Gasteiger partial charge in [0.05, 0.1) is 17.0 Å². The van der Waals surface area contributed by atoms with E-state index >= 15 is 0 Å². The lowest BCUT2D eigenvalue weighted by Crippen LogP contribution is -2.24. The summed E-state index contributed by atoms with van der Waals surface area (Å²) in [5.74, 6) is 1.18. The zero-order chi connectivity index (χ0) is 27.5. The van der Waals surface area contributed by atoms with Gasteiger partial charge >= 0.3 is 0 Å². The molecule has 1 aromatic heterocycles. The first kappa shape index (κ1) is 29.1. The summed E-state index contributed by atoms with van der Waals surface area (Å²) in [6.45, 7) is 10.4. The van der Waals surface area contributed by atoms with Gasteiger partial charge < -0.3 is 9.47 Å². The van der Waals surface area contributed by atoms with Gasteiger partial charge in [0.15, 0.2) is 22.4 Å². The van der Waals surface area contributed by atoms with E-state index in [1.54, 1.807) is 24.3 Å².